The van der Waals surface area contributed by atoms with Crippen molar-refractivity contribution in [2.45, 2.75) is 13.0 Å². The second kappa shape index (κ2) is 6.81. The van der Waals surface area contributed by atoms with Gasteiger partial charge in [0, 0.05) is 18.1 Å². The van der Waals surface area contributed by atoms with Gasteiger partial charge in [0.2, 0.25) is 5.78 Å². The number of benzene rings is 1. The first-order valence-corrected chi connectivity index (χ1v) is 9.27. The van der Waals surface area contributed by atoms with Crippen LogP contribution in [0.5, 0.6) is 0 Å². The van der Waals surface area contributed by atoms with Crippen LogP contribution in [0.3, 0.4) is 0 Å². The Hall–Kier alpha value is -3.25. The highest BCUT2D eigenvalue weighted by molar-refractivity contribution is 7.12. The van der Waals surface area contributed by atoms with Crippen LogP contribution in [0.25, 0.3) is 0 Å². The van der Waals surface area contributed by atoms with Gasteiger partial charge < -0.3 is 5.11 Å². The largest absolute Gasteiger partial charge is 0.503 e. The molecule has 1 aliphatic rings. The number of hydrogen-bond donors (Lipinski definition) is 1. The number of rotatable bonds is 4. The number of aryl methyl sites for hydroxylation is 1. The smallest absolute Gasteiger partial charge is 0.294 e. The van der Waals surface area contributed by atoms with Crippen LogP contribution in [0.2, 0.25) is 0 Å². The van der Waals surface area contributed by atoms with Crippen molar-refractivity contribution in [3.05, 3.63) is 93.6 Å². The molecule has 0 bridgehead atoms. The highest BCUT2D eigenvalue weighted by Crippen LogP contribution is 2.42. The number of nitrogens with zero attached hydrogens (tertiary/aromatic N) is 2. The van der Waals surface area contributed by atoms with Crippen LogP contribution in [-0.4, -0.2) is 21.8 Å². The molecule has 1 aliphatic heterocycles. The van der Waals surface area contributed by atoms with E-state index in [1.165, 1.54) is 16.2 Å². The minimum absolute atomic E-state index is 0.0805. The van der Waals surface area contributed by atoms with Crippen molar-refractivity contribution in [1.82, 2.24) is 4.98 Å². The van der Waals surface area contributed by atoms with Crippen LogP contribution in [0.15, 0.2) is 77.6 Å². The highest BCUT2D eigenvalue weighted by Gasteiger charge is 2.44. The second-order valence-electron chi connectivity index (χ2n) is 6.27. The summed E-state index contributed by atoms with van der Waals surface area (Å²) in [6.45, 7) is 1.92. The number of carbonyl (C=O) groups excluding carboxylic acids is 2. The SMILES string of the molecule is Cc1cccc(N2C(=O)C(O)=C(C(=O)c3cccs3)C2c2cccnc2)c1. The van der Waals surface area contributed by atoms with E-state index in [2.05, 4.69) is 4.98 Å². The normalized spacial score (nSPS) is 16.9. The van der Waals surface area contributed by atoms with Crippen LogP contribution in [-0.2, 0) is 4.79 Å². The molecule has 5 nitrogen and oxygen atoms in total. The fraction of sp³-hybridized carbons (Fsp3) is 0.0952. The Morgan fingerprint density at radius 2 is 2.04 bits per heavy atom. The molecule has 27 heavy (non-hydrogen) atoms. The number of hydrogen-bond acceptors (Lipinski definition) is 5. The molecule has 0 saturated heterocycles. The highest BCUT2D eigenvalue weighted by atomic mass is 32.1. The summed E-state index contributed by atoms with van der Waals surface area (Å²) in [7, 11) is 0. The molecule has 3 aromatic rings. The lowest BCUT2D eigenvalue weighted by Crippen LogP contribution is -2.31. The Kier molecular flexibility index (Phi) is 4.33. The summed E-state index contributed by atoms with van der Waals surface area (Å²) in [6, 6.07) is 13.7. The van der Waals surface area contributed by atoms with Crippen molar-refractivity contribution in [3.8, 4) is 0 Å². The maximum absolute atomic E-state index is 13.1. The molecule has 6 heteroatoms. The van der Waals surface area contributed by atoms with Gasteiger partial charge >= 0.3 is 0 Å². The van der Waals surface area contributed by atoms with Crippen molar-refractivity contribution < 1.29 is 14.7 Å². The third-order valence-electron chi connectivity index (χ3n) is 4.48. The Balaban J connectivity index is 1.89. The van der Waals surface area contributed by atoms with E-state index in [9.17, 15) is 14.7 Å². The third kappa shape index (κ3) is 2.94. The molecule has 2 aromatic heterocycles. The molecule has 0 spiro atoms. The summed E-state index contributed by atoms with van der Waals surface area (Å²) in [5.41, 5.74) is 2.34. The van der Waals surface area contributed by atoms with Gasteiger partial charge in [0.1, 0.15) is 0 Å². The molecule has 4 rings (SSSR count). The Labute approximate surface area is 160 Å². The zero-order valence-corrected chi connectivity index (χ0v) is 15.3. The number of aliphatic hydroxyl groups excluding tert-OH is 1. The molecular weight excluding hydrogens is 360 g/mol. The molecule has 0 saturated carbocycles. The van der Waals surface area contributed by atoms with Gasteiger partial charge in [-0.2, -0.15) is 0 Å². The van der Waals surface area contributed by atoms with Gasteiger partial charge in [0.15, 0.2) is 5.76 Å². The van der Waals surface area contributed by atoms with Crippen molar-refractivity contribution in [2.24, 2.45) is 0 Å². The summed E-state index contributed by atoms with van der Waals surface area (Å²) >= 11 is 1.28. The molecule has 1 aromatic carbocycles. The van der Waals surface area contributed by atoms with Gasteiger partial charge in [-0.1, -0.05) is 24.3 Å². The molecule has 0 fully saturated rings. The zero-order valence-electron chi connectivity index (χ0n) is 14.5. The van der Waals surface area contributed by atoms with E-state index in [-0.39, 0.29) is 11.4 Å². The monoisotopic (exact) mass is 376 g/mol. The van der Waals surface area contributed by atoms with Crippen LogP contribution in [0, 0.1) is 6.92 Å². The molecule has 1 unspecified atom stereocenters. The fourth-order valence-electron chi connectivity index (χ4n) is 3.27. The number of amides is 1. The average Bonchev–Trinajstić information content (AvgIpc) is 3.30. The van der Waals surface area contributed by atoms with Crippen molar-refractivity contribution in [2.75, 3.05) is 4.90 Å². The van der Waals surface area contributed by atoms with Gasteiger partial charge in [0.25, 0.3) is 5.91 Å². The van der Waals surface area contributed by atoms with Crippen molar-refractivity contribution in [1.29, 1.82) is 0 Å². The van der Waals surface area contributed by atoms with E-state index in [1.807, 2.05) is 25.1 Å². The number of aliphatic hydroxyl groups is 1. The molecule has 0 radical (unpaired) electrons. The van der Waals surface area contributed by atoms with Crippen molar-refractivity contribution >= 4 is 28.7 Å². The first-order valence-electron chi connectivity index (χ1n) is 8.39. The number of Topliss-reactive ketones (excluding diaryl/α,β-unsaturated/α-hetero) is 1. The van der Waals surface area contributed by atoms with Gasteiger partial charge in [-0.25, -0.2) is 0 Å². The molecular formula is C21H16N2O3S. The number of pyridine rings is 1. The van der Waals surface area contributed by atoms with E-state index < -0.39 is 17.7 Å². The van der Waals surface area contributed by atoms with E-state index in [4.69, 9.17) is 0 Å². The molecule has 3 heterocycles. The second-order valence-corrected chi connectivity index (χ2v) is 7.22. The Bertz CT molecular complexity index is 1040. The first-order chi connectivity index (χ1) is 13.1. The summed E-state index contributed by atoms with van der Waals surface area (Å²) in [5.74, 6) is -1.45. The van der Waals surface area contributed by atoms with Gasteiger partial charge in [0.05, 0.1) is 16.5 Å². The number of thiophene rings is 1. The number of ketones is 1. The molecule has 1 amide bonds. The minimum atomic E-state index is -0.734. The maximum Gasteiger partial charge on any atom is 0.294 e. The number of carbonyl (C=O) groups is 2. The lowest BCUT2D eigenvalue weighted by molar-refractivity contribution is -0.117. The van der Waals surface area contributed by atoms with Crippen LogP contribution in [0.1, 0.15) is 26.8 Å². The third-order valence-corrected chi connectivity index (χ3v) is 5.35. The molecule has 0 aliphatic carbocycles. The van der Waals surface area contributed by atoms with E-state index >= 15 is 0 Å². The summed E-state index contributed by atoms with van der Waals surface area (Å²) in [4.78, 5) is 32.1. The topological polar surface area (TPSA) is 70.5 Å². The lowest BCUT2D eigenvalue weighted by atomic mass is 9.96. The standard InChI is InChI=1S/C21H16N2O3S/c1-13-5-2-7-15(11-13)23-18(14-6-3-9-22-12-14)17(20(25)21(23)26)19(24)16-8-4-10-27-16/h2-12,18,25H,1H3. The van der Waals surface area contributed by atoms with Crippen LogP contribution in [0.4, 0.5) is 5.69 Å². The summed E-state index contributed by atoms with van der Waals surface area (Å²) in [6.07, 6.45) is 3.24. The zero-order chi connectivity index (χ0) is 19.0. The minimum Gasteiger partial charge on any atom is -0.503 e. The Morgan fingerprint density at radius 3 is 2.70 bits per heavy atom. The molecule has 1 atom stereocenters. The van der Waals surface area contributed by atoms with Crippen LogP contribution < -0.4 is 4.90 Å². The first kappa shape index (κ1) is 17.2. The predicted molar refractivity (Wildman–Crippen MR) is 104 cm³/mol. The average molecular weight is 376 g/mol. The summed E-state index contributed by atoms with van der Waals surface area (Å²) < 4.78 is 0. The summed E-state index contributed by atoms with van der Waals surface area (Å²) in [5, 5.41) is 12.4. The quantitative estimate of drug-likeness (QED) is 0.692. The molecule has 134 valence electrons. The lowest BCUT2D eigenvalue weighted by Gasteiger charge is -2.26. The fourth-order valence-corrected chi connectivity index (χ4v) is 3.95. The number of anilines is 1. The van der Waals surface area contributed by atoms with Crippen molar-refractivity contribution in [3.63, 3.8) is 0 Å². The van der Waals surface area contributed by atoms with E-state index in [0.717, 1.165) is 5.56 Å². The van der Waals surface area contributed by atoms with Gasteiger partial charge in [-0.3, -0.25) is 19.5 Å². The van der Waals surface area contributed by atoms with Crippen LogP contribution >= 0.6 is 11.3 Å². The molecule has 1 N–H and O–H groups in total. The van der Waals surface area contributed by atoms with Gasteiger partial charge in [-0.15, -0.1) is 11.3 Å². The van der Waals surface area contributed by atoms with E-state index in [1.54, 1.807) is 48.1 Å². The van der Waals surface area contributed by atoms with Gasteiger partial charge in [-0.05, 0) is 47.7 Å². The number of aromatic nitrogens is 1. The maximum atomic E-state index is 13.1. The predicted octanol–water partition coefficient (Wildman–Crippen LogP) is 4.23. The van der Waals surface area contributed by atoms with E-state index in [0.29, 0.717) is 16.1 Å². The Morgan fingerprint density at radius 1 is 1.19 bits per heavy atom.